The molecule has 60 valence electrons. The van der Waals surface area contributed by atoms with Gasteiger partial charge < -0.3 is 10.5 Å². The van der Waals surface area contributed by atoms with Crippen molar-refractivity contribution in [3.8, 4) is 0 Å². The van der Waals surface area contributed by atoms with Gasteiger partial charge in [0.15, 0.2) is 0 Å². The minimum absolute atomic E-state index is 0. The quantitative estimate of drug-likeness (QED) is 0.637. The van der Waals surface area contributed by atoms with Crippen LogP contribution in [0.25, 0.3) is 5.73 Å². The predicted molar refractivity (Wildman–Crippen MR) is 44.4 cm³/mol. The second kappa shape index (κ2) is 5.49. The maximum atomic E-state index is 10.9. The average Bonchev–Trinajstić information content (AvgIpc) is 2.32. The summed E-state index contributed by atoms with van der Waals surface area (Å²) in [5, 5.41) is 2.06. The molecule has 0 radical (unpaired) electrons. The number of hydrogen-bond donors (Lipinski definition) is 0. The van der Waals surface area contributed by atoms with Gasteiger partial charge in [-0.1, -0.05) is 5.00 Å². The van der Waals surface area contributed by atoms with E-state index in [2.05, 4.69) is 4.74 Å². The second-order valence-electron chi connectivity index (χ2n) is 2.10. The summed E-state index contributed by atoms with van der Waals surface area (Å²) in [6.07, 6.45) is 0. The average molecular weight is 256 g/mol. The molecule has 0 spiro atoms. The maximum absolute atomic E-state index is 10.9. The number of hydrogen-bond acceptors (Lipinski definition) is 3. The third-order valence-electron chi connectivity index (χ3n) is 1.44. The third-order valence-corrected chi connectivity index (χ3v) is 2.34. The molecule has 0 aliphatic heterocycles. The van der Waals surface area contributed by atoms with Crippen molar-refractivity contribution in [3.63, 3.8) is 0 Å². The van der Waals surface area contributed by atoms with E-state index < -0.39 is 0 Å². The van der Waals surface area contributed by atoms with Crippen molar-refractivity contribution in [2.45, 2.75) is 6.92 Å². The van der Waals surface area contributed by atoms with Gasteiger partial charge in [0.2, 0.25) is 0 Å². The Hall–Kier alpha value is 0.775. The fourth-order valence-corrected chi connectivity index (χ4v) is 1.52. The molecule has 1 aromatic rings. The van der Waals surface area contributed by atoms with E-state index in [0.29, 0.717) is 16.1 Å². The van der Waals surface area contributed by atoms with Crippen molar-refractivity contribution in [2.75, 3.05) is 7.11 Å². The topological polar surface area (TPSA) is 50.1 Å². The van der Waals surface area contributed by atoms with E-state index in [1.165, 1.54) is 18.4 Å². The van der Waals surface area contributed by atoms with Crippen LogP contribution in [0.2, 0.25) is 0 Å². The van der Waals surface area contributed by atoms with Crippen molar-refractivity contribution in [1.29, 1.82) is 0 Å². The molecule has 1 heterocycles. The summed E-state index contributed by atoms with van der Waals surface area (Å²) in [6, 6.07) is 0. The molecule has 5 heteroatoms. The van der Waals surface area contributed by atoms with Crippen LogP contribution in [0, 0.1) is 6.92 Å². The summed E-state index contributed by atoms with van der Waals surface area (Å²) in [4.78, 5) is 10.9. The van der Waals surface area contributed by atoms with Crippen molar-refractivity contribution >= 4 is 22.3 Å². The molecular weight excluding hydrogens is 248 g/mol. The van der Waals surface area contributed by atoms with Crippen LogP contribution in [0.3, 0.4) is 0 Å². The molecule has 1 N–H and O–H groups in total. The minimum atomic E-state index is -0.364. The SMILES string of the molecule is COC(=O)c1csc([NH-])c1C.[Rb+]. The van der Waals surface area contributed by atoms with Crippen LogP contribution in [-0.2, 0) is 4.74 Å². The molecule has 0 aliphatic rings. The van der Waals surface area contributed by atoms with Gasteiger partial charge in [-0.15, -0.1) is 0 Å². The standard InChI is InChI=1S/C7H8NO2S.Rb/c1-4-5(7(9)10-2)3-11-6(4)8;/h3,8H,1-2H3;/q-1;+1. The van der Waals surface area contributed by atoms with Crippen LogP contribution in [-0.4, -0.2) is 13.1 Å². The summed E-state index contributed by atoms with van der Waals surface area (Å²) in [7, 11) is 1.34. The Bertz CT molecular complexity index is 285. The normalized spacial score (nSPS) is 8.83. The van der Waals surface area contributed by atoms with E-state index in [9.17, 15) is 4.79 Å². The molecule has 0 aliphatic carbocycles. The molecule has 12 heavy (non-hydrogen) atoms. The Morgan fingerprint density at radius 1 is 1.67 bits per heavy atom. The van der Waals surface area contributed by atoms with Crippen molar-refractivity contribution in [3.05, 3.63) is 22.2 Å². The van der Waals surface area contributed by atoms with Crippen molar-refractivity contribution in [2.24, 2.45) is 0 Å². The Morgan fingerprint density at radius 2 is 2.25 bits per heavy atom. The number of esters is 1. The third kappa shape index (κ3) is 2.63. The van der Waals surface area contributed by atoms with Crippen LogP contribution in [0.5, 0.6) is 0 Å². The molecule has 0 amide bonds. The minimum Gasteiger partial charge on any atom is -0.690 e. The molecule has 1 aromatic heterocycles. The number of thiophene rings is 1. The molecule has 0 aromatic carbocycles. The van der Waals surface area contributed by atoms with E-state index >= 15 is 0 Å². The van der Waals surface area contributed by atoms with Crippen LogP contribution in [0.1, 0.15) is 15.9 Å². The van der Waals surface area contributed by atoms with Crippen LogP contribution >= 0.6 is 11.3 Å². The first-order valence-corrected chi connectivity index (χ1v) is 3.92. The predicted octanol–water partition coefficient (Wildman–Crippen LogP) is -0.469. The molecular formula is C7H8NO2RbS. The van der Waals surface area contributed by atoms with Gasteiger partial charge in [-0.05, 0) is 12.5 Å². The molecule has 0 saturated heterocycles. The molecule has 0 atom stereocenters. The summed E-state index contributed by atoms with van der Waals surface area (Å²) in [5.74, 6) is -0.364. The van der Waals surface area contributed by atoms with Gasteiger partial charge in [-0.25, -0.2) is 4.79 Å². The zero-order chi connectivity index (χ0) is 8.43. The number of ether oxygens (including phenoxy) is 1. The molecule has 0 saturated carbocycles. The van der Waals surface area contributed by atoms with Crippen molar-refractivity contribution < 1.29 is 67.7 Å². The molecule has 0 fully saturated rings. The summed E-state index contributed by atoms with van der Waals surface area (Å²) >= 11 is 1.24. The molecule has 0 unspecified atom stereocenters. The first-order valence-electron chi connectivity index (χ1n) is 3.04. The van der Waals surface area contributed by atoms with Gasteiger partial charge in [-0.3, -0.25) is 0 Å². The maximum Gasteiger partial charge on any atom is 1.00 e. The van der Waals surface area contributed by atoms with Crippen LogP contribution < -0.4 is 58.2 Å². The van der Waals surface area contributed by atoms with E-state index in [1.807, 2.05) is 0 Å². The van der Waals surface area contributed by atoms with Crippen LogP contribution in [0.15, 0.2) is 5.38 Å². The monoisotopic (exact) mass is 255 g/mol. The number of carbonyl (C=O) groups excluding carboxylic acids is 1. The van der Waals surface area contributed by atoms with Gasteiger partial charge in [0, 0.05) is 5.38 Å². The number of methoxy groups -OCH3 is 1. The first kappa shape index (κ1) is 12.8. The van der Waals surface area contributed by atoms with Gasteiger partial charge in [0.05, 0.1) is 12.7 Å². The smallest absolute Gasteiger partial charge is 0.690 e. The van der Waals surface area contributed by atoms with E-state index in [4.69, 9.17) is 5.73 Å². The summed E-state index contributed by atoms with van der Waals surface area (Å²) in [5.41, 5.74) is 8.52. The Morgan fingerprint density at radius 3 is 2.58 bits per heavy atom. The van der Waals surface area contributed by atoms with E-state index in [-0.39, 0.29) is 64.2 Å². The number of nitrogens with one attached hydrogen (secondary N) is 1. The largest absolute Gasteiger partial charge is 1.00 e. The first-order chi connectivity index (χ1) is 5.16. The number of rotatable bonds is 1. The Balaban J connectivity index is 0.00000121. The van der Waals surface area contributed by atoms with Gasteiger partial charge >= 0.3 is 64.2 Å². The van der Waals surface area contributed by atoms with Crippen LogP contribution in [0.4, 0.5) is 5.00 Å². The van der Waals surface area contributed by atoms with E-state index in [1.54, 1.807) is 12.3 Å². The zero-order valence-corrected chi connectivity index (χ0v) is 13.0. The zero-order valence-electron chi connectivity index (χ0n) is 7.30. The fourth-order valence-electron chi connectivity index (χ4n) is 0.728. The van der Waals surface area contributed by atoms with E-state index in [0.717, 1.165) is 0 Å². The molecule has 0 bridgehead atoms. The van der Waals surface area contributed by atoms with Gasteiger partial charge in [-0.2, -0.15) is 11.3 Å². The van der Waals surface area contributed by atoms with Gasteiger partial charge in [0.25, 0.3) is 0 Å². The van der Waals surface area contributed by atoms with Crippen molar-refractivity contribution in [1.82, 2.24) is 0 Å². The molecule has 1 rings (SSSR count). The Labute approximate surface area is 124 Å². The Kier molecular flexibility index (Phi) is 5.85. The second-order valence-corrected chi connectivity index (χ2v) is 2.97. The summed E-state index contributed by atoms with van der Waals surface area (Å²) in [6.45, 7) is 1.74. The fraction of sp³-hybridized carbons (Fsp3) is 0.286. The van der Waals surface area contributed by atoms with Gasteiger partial charge in [0.1, 0.15) is 0 Å². The summed E-state index contributed by atoms with van der Waals surface area (Å²) < 4.78 is 4.51. The number of carbonyl (C=O) groups is 1. The molecule has 3 nitrogen and oxygen atoms in total.